The molecule has 30 heavy (non-hydrogen) atoms. The Balaban J connectivity index is 1.59. The predicted octanol–water partition coefficient (Wildman–Crippen LogP) is 3.08. The van der Waals surface area contributed by atoms with Crippen LogP contribution in [-0.4, -0.2) is 37.6 Å². The average molecular weight is 414 g/mol. The molecular weight excluding hydrogens is 396 g/mol. The normalized spacial score (nSPS) is 10.5. The van der Waals surface area contributed by atoms with Crippen LogP contribution in [-0.2, 0) is 20.7 Å². The standard InChI is InChI=1S/C20H18N2O8/c1-27-13-4-6-16(17(8-13)22(25)26)21-19(23)11-30-20(24)7-12-10-29-18-9-14(28-2)3-5-15(12)18/h3-6,8-10H,7,11H2,1-2H3,(H,21,23). The van der Waals surface area contributed by atoms with Gasteiger partial charge in [-0.3, -0.25) is 19.7 Å². The van der Waals surface area contributed by atoms with Gasteiger partial charge in [0.25, 0.3) is 11.6 Å². The van der Waals surface area contributed by atoms with Crippen LogP contribution >= 0.6 is 0 Å². The zero-order valence-electron chi connectivity index (χ0n) is 16.2. The molecule has 10 nitrogen and oxygen atoms in total. The van der Waals surface area contributed by atoms with Crippen molar-refractivity contribution in [3.8, 4) is 11.5 Å². The number of carbonyl (C=O) groups is 2. The number of esters is 1. The summed E-state index contributed by atoms with van der Waals surface area (Å²) in [7, 11) is 2.91. The van der Waals surface area contributed by atoms with E-state index in [2.05, 4.69) is 5.32 Å². The maximum atomic E-state index is 12.1. The lowest BCUT2D eigenvalue weighted by atomic mass is 10.1. The number of nitrogens with zero attached hydrogens (tertiary/aromatic N) is 1. The summed E-state index contributed by atoms with van der Waals surface area (Å²) in [6.07, 6.45) is 1.33. The Morgan fingerprint density at radius 3 is 2.50 bits per heavy atom. The summed E-state index contributed by atoms with van der Waals surface area (Å²) in [5, 5.41) is 14.2. The summed E-state index contributed by atoms with van der Waals surface area (Å²) in [5.41, 5.74) is 0.788. The van der Waals surface area contributed by atoms with Crippen molar-refractivity contribution in [3.05, 3.63) is 58.3 Å². The molecule has 10 heteroatoms. The van der Waals surface area contributed by atoms with Gasteiger partial charge >= 0.3 is 5.97 Å². The van der Waals surface area contributed by atoms with E-state index in [1.165, 1.54) is 38.7 Å². The largest absolute Gasteiger partial charge is 0.497 e. The second-order valence-electron chi connectivity index (χ2n) is 6.15. The number of fused-ring (bicyclic) bond motifs is 1. The van der Waals surface area contributed by atoms with Crippen molar-refractivity contribution in [3.63, 3.8) is 0 Å². The van der Waals surface area contributed by atoms with Crippen LogP contribution in [0.1, 0.15) is 5.56 Å². The number of methoxy groups -OCH3 is 2. The van der Waals surface area contributed by atoms with Crippen LogP contribution < -0.4 is 14.8 Å². The summed E-state index contributed by atoms with van der Waals surface area (Å²) in [5.74, 6) is -0.460. The van der Waals surface area contributed by atoms with Crippen LogP contribution in [0.3, 0.4) is 0 Å². The first-order valence-corrected chi connectivity index (χ1v) is 8.73. The molecule has 0 aliphatic rings. The molecule has 156 valence electrons. The zero-order chi connectivity index (χ0) is 21.7. The third-order valence-electron chi connectivity index (χ3n) is 4.24. The maximum absolute atomic E-state index is 12.1. The monoisotopic (exact) mass is 414 g/mol. The van der Waals surface area contributed by atoms with Crippen molar-refractivity contribution in [1.29, 1.82) is 0 Å². The van der Waals surface area contributed by atoms with Crippen molar-refractivity contribution in [2.24, 2.45) is 0 Å². The highest BCUT2D eigenvalue weighted by Gasteiger charge is 2.18. The molecule has 0 bridgehead atoms. The molecule has 0 aliphatic carbocycles. The number of anilines is 1. The van der Waals surface area contributed by atoms with E-state index in [1.807, 2.05) is 0 Å². The highest BCUT2D eigenvalue weighted by molar-refractivity contribution is 5.95. The second kappa shape index (κ2) is 8.95. The molecule has 0 aliphatic heterocycles. The molecule has 0 spiro atoms. The minimum Gasteiger partial charge on any atom is -0.497 e. The Labute approximate surface area is 170 Å². The average Bonchev–Trinajstić information content (AvgIpc) is 3.14. The molecule has 3 aromatic rings. The van der Waals surface area contributed by atoms with Gasteiger partial charge in [-0.15, -0.1) is 0 Å². The van der Waals surface area contributed by atoms with Gasteiger partial charge in [-0.2, -0.15) is 0 Å². The zero-order valence-corrected chi connectivity index (χ0v) is 16.2. The Kier molecular flexibility index (Phi) is 6.16. The molecular formula is C20H18N2O8. The maximum Gasteiger partial charge on any atom is 0.310 e. The number of hydrogen-bond donors (Lipinski definition) is 1. The molecule has 0 unspecified atom stereocenters. The topological polar surface area (TPSA) is 130 Å². The number of ether oxygens (including phenoxy) is 3. The molecule has 0 radical (unpaired) electrons. The van der Waals surface area contributed by atoms with E-state index in [1.54, 1.807) is 18.2 Å². The minimum absolute atomic E-state index is 0.0309. The highest BCUT2D eigenvalue weighted by Crippen LogP contribution is 2.29. The van der Waals surface area contributed by atoms with E-state index in [0.717, 1.165) is 5.39 Å². The number of nitro groups is 1. The number of furan rings is 1. The van der Waals surface area contributed by atoms with E-state index in [-0.39, 0.29) is 23.5 Å². The van der Waals surface area contributed by atoms with E-state index >= 15 is 0 Å². The van der Waals surface area contributed by atoms with Crippen LogP contribution in [0.25, 0.3) is 11.0 Å². The quantitative estimate of drug-likeness (QED) is 0.338. The minimum atomic E-state index is -0.710. The predicted molar refractivity (Wildman–Crippen MR) is 106 cm³/mol. The number of nitro benzene ring substituents is 1. The first-order chi connectivity index (χ1) is 14.4. The number of benzene rings is 2. The lowest BCUT2D eigenvalue weighted by Crippen LogP contribution is -2.22. The van der Waals surface area contributed by atoms with Gasteiger partial charge in [-0.1, -0.05) is 0 Å². The van der Waals surface area contributed by atoms with Gasteiger partial charge in [0, 0.05) is 17.0 Å². The number of nitrogens with one attached hydrogen (secondary N) is 1. The van der Waals surface area contributed by atoms with Crippen molar-refractivity contribution < 1.29 is 33.1 Å². The van der Waals surface area contributed by atoms with Gasteiger partial charge < -0.3 is 23.9 Å². The third kappa shape index (κ3) is 4.66. The van der Waals surface area contributed by atoms with Gasteiger partial charge in [-0.25, -0.2) is 0 Å². The van der Waals surface area contributed by atoms with Crippen LogP contribution in [0.4, 0.5) is 11.4 Å². The van der Waals surface area contributed by atoms with Gasteiger partial charge in [0.1, 0.15) is 22.8 Å². The molecule has 0 fully saturated rings. The Morgan fingerprint density at radius 1 is 1.10 bits per heavy atom. The number of hydrogen-bond acceptors (Lipinski definition) is 8. The molecule has 0 saturated heterocycles. The van der Waals surface area contributed by atoms with Gasteiger partial charge in [0.15, 0.2) is 6.61 Å². The third-order valence-corrected chi connectivity index (χ3v) is 4.24. The summed E-state index contributed by atoms with van der Waals surface area (Å²) >= 11 is 0. The van der Waals surface area contributed by atoms with Crippen molar-refractivity contribution >= 4 is 34.2 Å². The molecule has 3 rings (SSSR count). The van der Waals surface area contributed by atoms with Gasteiger partial charge in [0.05, 0.1) is 37.9 Å². The van der Waals surface area contributed by atoms with Crippen LogP contribution in [0.2, 0.25) is 0 Å². The Hall–Kier alpha value is -4.08. The fourth-order valence-electron chi connectivity index (χ4n) is 2.76. The van der Waals surface area contributed by atoms with Crippen molar-refractivity contribution in [2.75, 3.05) is 26.1 Å². The lowest BCUT2D eigenvalue weighted by Gasteiger charge is -2.08. The first-order valence-electron chi connectivity index (χ1n) is 8.73. The fourth-order valence-corrected chi connectivity index (χ4v) is 2.76. The van der Waals surface area contributed by atoms with E-state index in [9.17, 15) is 19.7 Å². The SMILES string of the molecule is COc1ccc(NC(=O)COC(=O)Cc2coc3cc(OC)ccc23)c([N+](=O)[O-])c1. The van der Waals surface area contributed by atoms with Crippen molar-refractivity contribution in [1.82, 2.24) is 0 Å². The number of amides is 1. The van der Waals surface area contributed by atoms with Crippen molar-refractivity contribution in [2.45, 2.75) is 6.42 Å². The Morgan fingerprint density at radius 2 is 1.80 bits per heavy atom. The smallest absolute Gasteiger partial charge is 0.310 e. The Bertz CT molecular complexity index is 1110. The van der Waals surface area contributed by atoms with Crippen LogP contribution in [0, 0.1) is 10.1 Å². The van der Waals surface area contributed by atoms with Crippen LogP contribution in [0.15, 0.2) is 47.1 Å². The van der Waals surface area contributed by atoms with Crippen LogP contribution in [0.5, 0.6) is 11.5 Å². The number of rotatable bonds is 8. The number of carbonyl (C=O) groups excluding carboxylic acids is 2. The fraction of sp³-hybridized carbons (Fsp3) is 0.200. The molecule has 2 aromatic carbocycles. The van der Waals surface area contributed by atoms with Gasteiger partial charge in [0.2, 0.25) is 0 Å². The molecule has 1 aromatic heterocycles. The molecule has 0 atom stereocenters. The van der Waals surface area contributed by atoms with Gasteiger partial charge in [-0.05, 0) is 24.3 Å². The summed E-state index contributed by atoms with van der Waals surface area (Å²) in [6.45, 7) is -0.592. The summed E-state index contributed by atoms with van der Waals surface area (Å²) in [6, 6.07) is 9.17. The lowest BCUT2D eigenvalue weighted by molar-refractivity contribution is -0.384. The summed E-state index contributed by atoms with van der Waals surface area (Å²) in [4.78, 5) is 34.7. The molecule has 1 N–H and O–H groups in total. The molecule has 1 amide bonds. The first kappa shape index (κ1) is 20.6. The second-order valence-corrected chi connectivity index (χ2v) is 6.15. The van der Waals surface area contributed by atoms with E-state index in [4.69, 9.17) is 18.6 Å². The molecule has 0 saturated carbocycles. The van der Waals surface area contributed by atoms with E-state index in [0.29, 0.717) is 16.9 Å². The molecule has 1 heterocycles. The van der Waals surface area contributed by atoms with E-state index < -0.39 is 23.4 Å². The highest BCUT2D eigenvalue weighted by atomic mass is 16.6. The summed E-state index contributed by atoms with van der Waals surface area (Å²) < 4.78 is 20.4.